The van der Waals surface area contributed by atoms with Gasteiger partial charge in [-0.25, -0.2) is 9.59 Å². The van der Waals surface area contributed by atoms with Gasteiger partial charge in [0.25, 0.3) is 0 Å². The highest BCUT2D eigenvalue weighted by atomic mass is 16.6. The van der Waals surface area contributed by atoms with Gasteiger partial charge < -0.3 is 14.8 Å². The maximum Gasteiger partial charge on any atom is 0.412 e. The Morgan fingerprint density at radius 3 is 2.35 bits per heavy atom. The molecule has 3 aromatic rings. The Kier molecular flexibility index (Phi) is 12.5. The number of benzene rings is 2. The molecule has 1 aromatic heterocycles. The Morgan fingerprint density at radius 2 is 1.54 bits per heavy atom. The van der Waals surface area contributed by atoms with Crippen molar-refractivity contribution in [2.75, 3.05) is 5.32 Å². The van der Waals surface area contributed by atoms with E-state index in [9.17, 15) is 9.59 Å². The molecule has 0 bridgehead atoms. The minimum Gasteiger partial charge on any atom is -0.446 e. The molecule has 5 atom stereocenters. The standard InChI is InChI=1S/C43H53N5O4/c1-28-17-19-33(34(23-28)26-32-12-8-9-13-36(20-18-32)51-43(50)46-35-24-29(2)22-30(3)25-35)27-45-42(49)52-39-16-7-5-6-14-37-31(4)47-48-41(40(37)39)38-15-10-11-21-44-38/h10-11,15,17-25,32,36-37,39-40H,5-9,12-14,16,26-27H2,1-4H3,(H,45,49)(H,46,50)/b20-18+. The molecule has 0 saturated heterocycles. The summed E-state index contributed by atoms with van der Waals surface area (Å²) in [7, 11) is 0. The smallest absolute Gasteiger partial charge is 0.412 e. The molecule has 3 aliphatic rings. The van der Waals surface area contributed by atoms with Crippen LogP contribution < -0.4 is 10.6 Å². The van der Waals surface area contributed by atoms with Gasteiger partial charge in [-0.2, -0.15) is 10.2 Å². The lowest BCUT2D eigenvalue weighted by molar-refractivity contribution is 0.0574. The van der Waals surface area contributed by atoms with E-state index in [0.29, 0.717) is 6.54 Å². The minimum absolute atomic E-state index is 0.0925. The number of pyridine rings is 1. The number of carbonyl (C=O) groups is 2. The van der Waals surface area contributed by atoms with E-state index in [-0.39, 0.29) is 30.0 Å². The fraction of sp³-hybridized carbons (Fsp3) is 0.465. The van der Waals surface area contributed by atoms with E-state index in [2.05, 4.69) is 69.2 Å². The Hall–Kier alpha value is -4.79. The van der Waals surface area contributed by atoms with Crippen molar-refractivity contribution in [1.82, 2.24) is 10.3 Å². The first-order valence-corrected chi connectivity index (χ1v) is 19.0. The zero-order valence-electron chi connectivity index (χ0n) is 31.1. The van der Waals surface area contributed by atoms with Gasteiger partial charge in [0.05, 0.1) is 17.3 Å². The second-order valence-corrected chi connectivity index (χ2v) is 14.9. The molecule has 2 heterocycles. The first kappa shape index (κ1) is 37.0. The van der Waals surface area contributed by atoms with E-state index in [1.807, 2.05) is 51.1 Å². The fourth-order valence-electron chi connectivity index (χ4n) is 8.05. The topological polar surface area (TPSA) is 114 Å². The van der Waals surface area contributed by atoms with Gasteiger partial charge >= 0.3 is 12.2 Å². The molecule has 2 aliphatic carbocycles. The number of carbonyl (C=O) groups excluding carboxylic acids is 2. The summed E-state index contributed by atoms with van der Waals surface area (Å²) in [5.74, 6) is 0.351. The van der Waals surface area contributed by atoms with Gasteiger partial charge in [0.1, 0.15) is 12.2 Å². The normalized spacial score (nSPS) is 24.0. The van der Waals surface area contributed by atoms with Crippen LogP contribution in [0.3, 0.4) is 0 Å². The molecule has 1 saturated carbocycles. The molecular formula is C43H53N5O4. The molecule has 9 nitrogen and oxygen atoms in total. The first-order valence-electron chi connectivity index (χ1n) is 19.0. The van der Waals surface area contributed by atoms with Crippen molar-refractivity contribution in [3.63, 3.8) is 0 Å². The quantitative estimate of drug-likeness (QED) is 0.227. The first-order chi connectivity index (χ1) is 25.2. The Bertz CT molecular complexity index is 1780. The third-order valence-electron chi connectivity index (χ3n) is 10.6. The van der Waals surface area contributed by atoms with E-state index in [1.165, 1.54) is 11.1 Å². The predicted octanol–water partition coefficient (Wildman–Crippen LogP) is 9.58. The van der Waals surface area contributed by atoms with Crippen LogP contribution in [0, 0.1) is 38.5 Å². The van der Waals surface area contributed by atoms with Crippen LogP contribution in [0.15, 0.2) is 83.1 Å². The summed E-state index contributed by atoms with van der Waals surface area (Å²) in [6.07, 6.45) is 14.3. The highest BCUT2D eigenvalue weighted by Gasteiger charge is 2.41. The van der Waals surface area contributed by atoms with Crippen LogP contribution in [0.1, 0.15) is 98.2 Å². The molecule has 1 aliphatic heterocycles. The number of alkyl carbamates (subject to hydrolysis) is 1. The highest BCUT2D eigenvalue weighted by Crippen LogP contribution is 2.36. The number of fused-ring (bicyclic) bond motifs is 1. The molecule has 0 radical (unpaired) electrons. The number of nitrogens with one attached hydrogen (secondary N) is 2. The van der Waals surface area contributed by atoms with Crippen molar-refractivity contribution in [2.45, 2.75) is 111 Å². The average molecular weight is 704 g/mol. The number of allylic oxidation sites excluding steroid dienone is 1. The Labute approximate surface area is 308 Å². The van der Waals surface area contributed by atoms with Crippen LogP contribution in [-0.2, 0) is 22.4 Å². The monoisotopic (exact) mass is 703 g/mol. The number of nitrogens with zero attached hydrogens (tertiary/aromatic N) is 3. The molecule has 9 heteroatoms. The summed E-state index contributed by atoms with van der Waals surface area (Å²) in [6.45, 7) is 8.54. The molecule has 1 fully saturated rings. The lowest BCUT2D eigenvalue weighted by Gasteiger charge is -2.37. The van der Waals surface area contributed by atoms with Gasteiger partial charge in [-0.1, -0.05) is 61.2 Å². The van der Waals surface area contributed by atoms with Crippen molar-refractivity contribution in [1.29, 1.82) is 0 Å². The second-order valence-electron chi connectivity index (χ2n) is 14.9. The largest absolute Gasteiger partial charge is 0.446 e. The summed E-state index contributed by atoms with van der Waals surface area (Å²) in [4.78, 5) is 30.9. The lowest BCUT2D eigenvalue weighted by atomic mass is 9.73. The third-order valence-corrected chi connectivity index (χ3v) is 10.6. The number of rotatable bonds is 8. The predicted molar refractivity (Wildman–Crippen MR) is 207 cm³/mol. The zero-order valence-corrected chi connectivity index (χ0v) is 31.1. The summed E-state index contributed by atoms with van der Waals surface area (Å²) in [5.41, 5.74) is 8.97. The van der Waals surface area contributed by atoms with Gasteiger partial charge in [-0.15, -0.1) is 0 Å². The number of amides is 2. The van der Waals surface area contributed by atoms with E-state index >= 15 is 0 Å². The molecule has 0 spiro atoms. The summed E-state index contributed by atoms with van der Waals surface area (Å²) in [6, 6.07) is 18.2. The number of aromatic nitrogens is 1. The molecule has 5 unspecified atom stereocenters. The van der Waals surface area contributed by atoms with E-state index in [0.717, 1.165) is 104 Å². The second kappa shape index (κ2) is 17.6. The molecule has 52 heavy (non-hydrogen) atoms. The van der Waals surface area contributed by atoms with Crippen molar-refractivity contribution >= 4 is 29.3 Å². The van der Waals surface area contributed by atoms with Crippen LogP contribution in [0.4, 0.5) is 15.3 Å². The van der Waals surface area contributed by atoms with Crippen LogP contribution in [-0.4, -0.2) is 40.8 Å². The third kappa shape index (κ3) is 9.96. The molecular weight excluding hydrogens is 651 g/mol. The van der Waals surface area contributed by atoms with Gasteiger partial charge in [-0.05, 0) is 131 Å². The number of hydrogen-bond donors (Lipinski definition) is 2. The Morgan fingerprint density at radius 1 is 0.750 bits per heavy atom. The van der Waals surface area contributed by atoms with Crippen LogP contribution in [0.5, 0.6) is 0 Å². The minimum atomic E-state index is -0.433. The van der Waals surface area contributed by atoms with Crippen LogP contribution >= 0.6 is 0 Å². The SMILES string of the molecule is CC1=NN=C(c2ccccn2)C2C(OC(=O)NCc3ccc(C)cc3CC3/C=C/C(OC(=O)Nc4cc(C)cc(C)c4)CCCC3)CCCCCC12. The van der Waals surface area contributed by atoms with Crippen molar-refractivity contribution < 1.29 is 19.1 Å². The molecule has 2 amide bonds. The number of hydrogen-bond acceptors (Lipinski definition) is 7. The fourth-order valence-corrected chi connectivity index (χ4v) is 8.05. The maximum absolute atomic E-state index is 13.5. The molecule has 2 N–H and O–H groups in total. The van der Waals surface area contributed by atoms with Crippen molar-refractivity contribution in [3.8, 4) is 0 Å². The number of ether oxygens (including phenoxy) is 2. The lowest BCUT2D eigenvalue weighted by Crippen LogP contribution is -2.44. The highest BCUT2D eigenvalue weighted by molar-refractivity contribution is 6.06. The van der Waals surface area contributed by atoms with Crippen LogP contribution in [0.25, 0.3) is 0 Å². The molecule has 2 aromatic carbocycles. The molecule has 6 rings (SSSR count). The molecule has 274 valence electrons. The van der Waals surface area contributed by atoms with Gasteiger partial charge in [0, 0.05) is 30.1 Å². The average Bonchev–Trinajstić information content (AvgIpc) is 3.09. The Balaban J connectivity index is 1.09. The summed E-state index contributed by atoms with van der Waals surface area (Å²) in [5, 5.41) is 15.1. The van der Waals surface area contributed by atoms with Gasteiger partial charge in [0.15, 0.2) is 0 Å². The summed E-state index contributed by atoms with van der Waals surface area (Å²) >= 11 is 0. The van der Waals surface area contributed by atoms with Crippen LogP contribution in [0.2, 0.25) is 0 Å². The van der Waals surface area contributed by atoms with E-state index in [1.54, 1.807) is 6.20 Å². The zero-order chi connectivity index (χ0) is 36.5. The summed E-state index contributed by atoms with van der Waals surface area (Å²) < 4.78 is 12.1. The van der Waals surface area contributed by atoms with Gasteiger partial charge in [0.2, 0.25) is 0 Å². The number of aryl methyl sites for hydroxylation is 3. The van der Waals surface area contributed by atoms with Crippen molar-refractivity contribution in [2.24, 2.45) is 28.0 Å². The van der Waals surface area contributed by atoms with Crippen molar-refractivity contribution in [3.05, 3.63) is 106 Å². The van der Waals surface area contributed by atoms with E-state index < -0.39 is 12.2 Å². The van der Waals surface area contributed by atoms with E-state index in [4.69, 9.17) is 9.47 Å². The maximum atomic E-state index is 13.5. The van der Waals surface area contributed by atoms with Gasteiger partial charge in [-0.3, -0.25) is 10.3 Å². The number of anilines is 1.